The summed E-state index contributed by atoms with van der Waals surface area (Å²) in [6.07, 6.45) is 8.73. The molecule has 1 aromatic heterocycles. The lowest BCUT2D eigenvalue weighted by Crippen LogP contribution is -2.22. The van der Waals surface area contributed by atoms with Crippen molar-refractivity contribution in [3.05, 3.63) is 54.1 Å². The zero-order valence-corrected chi connectivity index (χ0v) is 16.3. The summed E-state index contributed by atoms with van der Waals surface area (Å²) in [7, 11) is 1.78. The molecule has 2 aromatic carbocycles. The normalized spacial score (nSPS) is 15.3. The first kappa shape index (κ1) is 18.1. The molecule has 0 amide bonds. The fourth-order valence-electron chi connectivity index (χ4n) is 4.23. The van der Waals surface area contributed by atoms with Crippen molar-refractivity contribution < 1.29 is 4.74 Å². The molecule has 4 rings (SSSR count). The minimum atomic E-state index is 0.597. The number of aryl methyl sites for hydroxylation is 1. The molecule has 1 aliphatic rings. The van der Waals surface area contributed by atoms with Gasteiger partial charge in [-0.05, 0) is 55.0 Å². The number of hydrogen-bond donors (Lipinski definition) is 2. The number of aromatic amines is 1. The highest BCUT2D eigenvalue weighted by Crippen LogP contribution is 2.32. The molecular formula is C24H30N2O. The summed E-state index contributed by atoms with van der Waals surface area (Å²) >= 11 is 0. The fraction of sp³-hybridized carbons (Fsp3) is 0.417. The minimum Gasteiger partial charge on any atom is -0.385 e. The van der Waals surface area contributed by atoms with Crippen LogP contribution in [0, 0.1) is 0 Å². The van der Waals surface area contributed by atoms with Crippen LogP contribution in [0.2, 0.25) is 0 Å². The van der Waals surface area contributed by atoms with Gasteiger partial charge in [-0.25, -0.2) is 0 Å². The molecule has 2 N–H and O–H groups in total. The van der Waals surface area contributed by atoms with Crippen LogP contribution in [0.1, 0.15) is 44.1 Å². The first-order valence-electron chi connectivity index (χ1n) is 10.3. The molecule has 1 aliphatic carbocycles. The highest BCUT2D eigenvalue weighted by molar-refractivity contribution is 5.95. The molecule has 3 aromatic rings. The highest BCUT2D eigenvalue weighted by atomic mass is 16.5. The molecular weight excluding hydrogens is 332 g/mol. The third-order valence-corrected chi connectivity index (χ3v) is 5.65. The van der Waals surface area contributed by atoms with Crippen molar-refractivity contribution >= 4 is 16.6 Å². The summed E-state index contributed by atoms with van der Waals surface area (Å²) in [6.45, 7) is 0.811. The van der Waals surface area contributed by atoms with Gasteiger partial charge in [0, 0.05) is 30.8 Å². The largest absolute Gasteiger partial charge is 0.385 e. The molecule has 3 heteroatoms. The van der Waals surface area contributed by atoms with Crippen molar-refractivity contribution in [1.29, 1.82) is 0 Å². The van der Waals surface area contributed by atoms with Gasteiger partial charge in [-0.15, -0.1) is 0 Å². The van der Waals surface area contributed by atoms with Gasteiger partial charge in [0.05, 0.1) is 11.2 Å². The summed E-state index contributed by atoms with van der Waals surface area (Å²) in [5.41, 5.74) is 6.30. The first-order valence-corrected chi connectivity index (χ1v) is 10.3. The standard InChI is InChI=1S/C24H30N2O/c1-27-14-8-9-18-15-20-17-22(19-10-4-2-5-11-19)26-24(20)23(16-18)25-21-12-6-3-7-13-21/h2,4-5,10-11,15-17,21,25-26H,3,6-9,12-14H2,1H3. The maximum Gasteiger partial charge on any atom is 0.0694 e. The van der Waals surface area contributed by atoms with Crippen LogP contribution in [0.25, 0.3) is 22.2 Å². The van der Waals surface area contributed by atoms with Crippen LogP contribution in [0.4, 0.5) is 5.69 Å². The smallest absolute Gasteiger partial charge is 0.0694 e. The molecule has 0 spiro atoms. The number of nitrogens with one attached hydrogen (secondary N) is 2. The Hall–Kier alpha value is -2.26. The fourth-order valence-corrected chi connectivity index (χ4v) is 4.23. The maximum absolute atomic E-state index is 5.24. The molecule has 0 bridgehead atoms. The van der Waals surface area contributed by atoms with E-state index >= 15 is 0 Å². The first-order chi connectivity index (χ1) is 13.3. The Morgan fingerprint density at radius 1 is 1.04 bits per heavy atom. The van der Waals surface area contributed by atoms with Crippen LogP contribution in [-0.2, 0) is 11.2 Å². The van der Waals surface area contributed by atoms with Crippen molar-refractivity contribution in [1.82, 2.24) is 4.98 Å². The van der Waals surface area contributed by atoms with Crippen LogP contribution in [0.15, 0.2) is 48.5 Å². The lowest BCUT2D eigenvalue weighted by molar-refractivity contribution is 0.195. The van der Waals surface area contributed by atoms with E-state index in [0.717, 1.165) is 19.4 Å². The van der Waals surface area contributed by atoms with Crippen molar-refractivity contribution in [2.24, 2.45) is 0 Å². The number of H-pyrrole nitrogens is 1. The Kier molecular flexibility index (Phi) is 5.78. The maximum atomic E-state index is 5.24. The second kappa shape index (κ2) is 8.62. The van der Waals surface area contributed by atoms with Crippen LogP contribution >= 0.6 is 0 Å². The quantitative estimate of drug-likeness (QED) is 0.494. The number of benzene rings is 2. The van der Waals surface area contributed by atoms with E-state index in [-0.39, 0.29) is 0 Å². The van der Waals surface area contributed by atoms with Gasteiger partial charge < -0.3 is 15.0 Å². The van der Waals surface area contributed by atoms with Crippen LogP contribution in [0.5, 0.6) is 0 Å². The van der Waals surface area contributed by atoms with Gasteiger partial charge in [0.15, 0.2) is 0 Å². The Morgan fingerprint density at radius 3 is 2.63 bits per heavy atom. The SMILES string of the molecule is COCCCc1cc(NC2CCCCC2)c2[nH]c(-c3ccccc3)cc2c1. The number of fused-ring (bicyclic) bond motifs is 1. The molecule has 27 heavy (non-hydrogen) atoms. The van der Waals surface area contributed by atoms with Crippen LogP contribution in [-0.4, -0.2) is 24.7 Å². The molecule has 142 valence electrons. The van der Waals surface area contributed by atoms with Gasteiger partial charge in [-0.2, -0.15) is 0 Å². The summed E-state index contributed by atoms with van der Waals surface area (Å²) in [5, 5.41) is 5.15. The average Bonchev–Trinajstić information content (AvgIpc) is 3.14. The molecule has 1 saturated carbocycles. The van der Waals surface area contributed by atoms with E-state index < -0.39 is 0 Å². The average molecular weight is 363 g/mol. The van der Waals surface area contributed by atoms with Crippen molar-refractivity contribution in [3.63, 3.8) is 0 Å². The van der Waals surface area contributed by atoms with Gasteiger partial charge in [-0.1, -0.05) is 49.6 Å². The molecule has 0 saturated heterocycles. The van der Waals surface area contributed by atoms with E-state index in [1.54, 1.807) is 7.11 Å². The summed E-state index contributed by atoms with van der Waals surface area (Å²) in [6, 6.07) is 18.2. The van der Waals surface area contributed by atoms with Crippen LogP contribution in [0.3, 0.4) is 0 Å². The van der Waals surface area contributed by atoms with E-state index in [2.05, 4.69) is 58.8 Å². The monoisotopic (exact) mass is 362 g/mol. The number of hydrogen-bond acceptors (Lipinski definition) is 2. The molecule has 0 unspecified atom stereocenters. The Morgan fingerprint density at radius 2 is 1.85 bits per heavy atom. The zero-order valence-electron chi connectivity index (χ0n) is 16.3. The molecule has 1 heterocycles. The zero-order chi connectivity index (χ0) is 18.5. The highest BCUT2D eigenvalue weighted by Gasteiger charge is 2.16. The molecule has 0 aliphatic heterocycles. The van der Waals surface area contributed by atoms with Gasteiger partial charge >= 0.3 is 0 Å². The van der Waals surface area contributed by atoms with Crippen molar-refractivity contribution in [2.45, 2.75) is 51.0 Å². The lowest BCUT2D eigenvalue weighted by Gasteiger charge is -2.24. The van der Waals surface area contributed by atoms with E-state index in [4.69, 9.17) is 4.74 Å². The Balaban J connectivity index is 1.68. The number of ether oxygens (including phenoxy) is 1. The number of aromatic nitrogens is 1. The van der Waals surface area contributed by atoms with Gasteiger partial charge in [0.25, 0.3) is 0 Å². The van der Waals surface area contributed by atoms with Crippen molar-refractivity contribution in [3.8, 4) is 11.3 Å². The predicted molar refractivity (Wildman–Crippen MR) is 114 cm³/mol. The Labute approximate surface area is 162 Å². The molecule has 0 atom stereocenters. The molecule has 1 fully saturated rings. The van der Waals surface area contributed by atoms with Gasteiger partial charge in [-0.3, -0.25) is 0 Å². The second-order valence-electron chi connectivity index (χ2n) is 7.73. The summed E-state index contributed by atoms with van der Waals surface area (Å²) in [5.74, 6) is 0. The van der Waals surface area contributed by atoms with E-state index in [1.807, 2.05) is 0 Å². The second-order valence-corrected chi connectivity index (χ2v) is 7.73. The number of anilines is 1. The topological polar surface area (TPSA) is 37.0 Å². The third-order valence-electron chi connectivity index (χ3n) is 5.65. The lowest BCUT2D eigenvalue weighted by atomic mass is 9.95. The predicted octanol–water partition coefficient (Wildman–Crippen LogP) is 6.16. The minimum absolute atomic E-state index is 0.597. The van der Waals surface area contributed by atoms with Gasteiger partial charge in [0.1, 0.15) is 0 Å². The number of methoxy groups -OCH3 is 1. The van der Waals surface area contributed by atoms with E-state index in [0.29, 0.717) is 6.04 Å². The summed E-state index contributed by atoms with van der Waals surface area (Å²) in [4.78, 5) is 3.68. The van der Waals surface area contributed by atoms with Gasteiger partial charge in [0.2, 0.25) is 0 Å². The third kappa shape index (κ3) is 4.36. The summed E-state index contributed by atoms with van der Waals surface area (Å²) < 4.78 is 5.24. The molecule has 3 nitrogen and oxygen atoms in total. The van der Waals surface area contributed by atoms with Crippen molar-refractivity contribution in [2.75, 3.05) is 19.0 Å². The Bertz CT molecular complexity index is 863. The van der Waals surface area contributed by atoms with E-state index in [9.17, 15) is 0 Å². The van der Waals surface area contributed by atoms with Crippen LogP contribution < -0.4 is 5.32 Å². The molecule has 0 radical (unpaired) electrons. The van der Waals surface area contributed by atoms with E-state index in [1.165, 1.54) is 65.5 Å². The number of rotatable bonds is 7.